The van der Waals surface area contributed by atoms with Crippen LogP contribution in [0.15, 0.2) is 41.3 Å². The quantitative estimate of drug-likeness (QED) is 0.946. The Balaban J connectivity index is 2.41. The molecule has 0 aliphatic carbocycles. The van der Waals surface area contributed by atoms with Crippen LogP contribution < -0.4 is 5.73 Å². The molecule has 0 spiro atoms. The van der Waals surface area contributed by atoms with Gasteiger partial charge in [0.25, 0.3) is 0 Å². The molecule has 0 amide bonds. The highest BCUT2D eigenvalue weighted by Crippen LogP contribution is 2.23. The van der Waals surface area contributed by atoms with Crippen molar-refractivity contribution >= 4 is 15.9 Å². The molecule has 1 aromatic carbocycles. The number of imidazole rings is 1. The van der Waals surface area contributed by atoms with Gasteiger partial charge >= 0.3 is 0 Å². The van der Waals surface area contributed by atoms with Gasteiger partial charge in [-0.15, -0.1) is 0 Å². The molecule has 0 atom stereocenters. The van der Waals surface area contributed by atoms with E-state index in [4.69, 9.17) is 5.73 Å². The largest absolute Gasteiger partial charge is 0.325 e. The third-order valence-electron chi connectivity index (χ3n) is 2.46. The van der Waals surface area contributed by atoms with E-state index in [1.54, 1.807) is 0 Å². The van der Waals surface area contributed by atoms with Crippen molar-refractivity contribution in [2.45, 2.75) is 25.8 Å². The number of nitrogens with two attached hydrogens (primary N) is 1. The van der Waals surface area contributed by atoms with E-state index in [9.17, 15) is 0 Å². The first-order valence-electron chi connectivity index (χ1n) is 5.52. The predicted octanol–water partition coefficient (Wildman–Crippen LogP) is 2.91. The summed E-state index contributed by atoms with van der Waals surface area (Å²) in [5.74, 6) is 0. The molecule has 3 nitrogen and oxygen atoms in total. The summed E-state index contributed by atoms with van der Waals surface area (Å²) >= 11 is 3.55. The van der Waals surface area contributed by atoms with Crippen LogP contribution in [0.3, 0.4) is 0 Å². The van der Waals surface area contributed by atoms with E-state index in [1.165, 1.54) is 0 Å². The zero-order valence-corrected chi connectivity index (χ0v) is 11.6. The maximum atomic E-state index is 6.06. The molecule has 0 unspecified atom stereocenters. The van der Waals surface area contributed by atoms with E-state index >= 15 is 0 Å². The monoisotopic (exact) mass is 293 g/mol. The van der Waals surface area contributed by atoms with Crippen LogP contribution in [0.25, 0.3) is 5.69 Å². The average Bonchev–Trinajstić information content (AvgIpc) is 2.64. The van der Waals surface area contributed by atoms with Gasteiger partial charge in [-0.2, -0.15) is 0 Å². The summed E-state index contributed by atoms with van der Waals surface area (Å²) in [5, 5.41) is 0. The highest BCUT2D eigenvalue weighted by atomic mass is 79.9. The minimum atomic E-state index is -0.237. The van der Waals surface area contributed by atoms with Crippen molar-refractivity contribution in [1.29, 1.82) is 0 Å². The fourth-order valence-corrected chi connectivity index (χ4v) is 2.26. The van der Waals surface area contributed by atoms with Gasteiger partial charge in [0.1, 0.15) is 0 Å². The Bertz CT molecular complexity index is 511. The maximum absolute atomic E-state index is 6.06. The number of rotatable bonds is 3. The molecule has 0 fully saturated rings. The smallest absolute Gasteiger partial charge is 0.0994 e. The molecule has 1 aromatic heterocycles. The molecule has 4 heteroatoms. The Morgan fingerprint density at radius 1 is 1.35 bits per heavy atom. The summed E-state index contributed by atoms with van der Waals surface area (Å²) in [6.07, 6.45) is 4.48. The molecule has 0 radical (unpaired) electrons. The van der Waals surface area contributed by atoms with E-state index in [2.05, 4.69) is 31.5 Å². The van der Waals surface area contributed by atoms with Crippen LogP contribution in [0, 0.1) is 0 Å². The van der Waals surface area contributed by atoms with Gasteiger partial charge in [-0.1, -0.05) is 12.1 Å². The van der Waals surface area contributed by atoms with E-state index in [-0.39, 0.29) is 5.54 Å². The van der Waals surface area contributed by atoms with Gasteiger partial charge in [0.2, 0.25) is 0 Å². The second-order valence-electron chi connectivity index (χ2n) is 4.87. The van der Waals surface area contributed by atoms with Gasteiger partial charge in [-0.05, 0) is 41.9 Å². The number of hydrogen-bond donors (Lipinski definition) is 1. The van der Waals surface area contributed by atoms with Crippen LogP contribution in [-0.2, 0) is 6.42 Å². The van der Waals surface area contributed by atoms with Crippen molar-refractivity contribution in [3.8, 4) is 5.69 Å². The molecule has 2 aromatic rings. The summed E-state index contributed by atoms with van der Waals surface area (Å²) in [7, 11) is 0. The van der Waals surface area contributed by atoms with E-state index in [0.29, 0.717) is 0 Å². The van der Waals surface area contributed by atoms with Gasteiger partial charge < -0.3 is 10.3 Å². The van der Waals surface area contributed by atoms with E-state index in [1.807, 2.05) is 44.6 Å². The van der Waals surface area contributed by atoms with E-state index in [0.717, 1.165) is 22.3 Å². The van der Waals surface area contributed by atoms with Gasteiger partial charge in [0, 0.05) is 28.3 Å². The minimum Gasteiger partial charge on any atom is -0.325 e. The first kappa shape index (κ1) is 12.3. The zero-order valence-electron chi connectivity index (χ0n) is 10.0. The number of hydrogen-bond acceptors (Lipinski definition) is 2. The number of benzene rings is 1. The minimum absolute atomic E-state index is 0.237. The maximum Gasteiger partial charge on any atom is 0.0994 e. The third kappa shape index (κ3) is 2.96. The molecular weight excluding hydrogens is 278 g/mol. The Morgan fingerprint density at radius 3 is 2.71 bits per heavy atom. The number of aromatic nitrogens is 2. The molecule has 2 rings (SSSR count). The van der Waals surface area contributed by atoms with Crippen LogP contribution in [0.5, 0.6) is 0 Å². The summed E-state index contributed by atoms with van der Waals surface area (Å²) in [6.45, 7) is 4.04. The predicted molar refractivity (Wildman–Crippen MR) is 73.2 cm³/mol. The van der Waals surface area contributed by atoms with Crippen LogP contribution in [0.4, 0.5) is 0 Å². The van der Waals surface area contributed by atoms with Crippen molar-refractivity contribution < 1.29 is 0 Å². The van der Waals surface area contributed by atoms with Gasteiger partial charge in [0.15, 0.2) is 0 Å². The number of halogens is 1. The van der Waals surface area contributed by atoms with Gasteiger partial charge in [-0.3, -0.25) is 0 Å². The lowest BCUT2D eigenvalue weighted by Gasteiger charge is -2.19. The molecule has 0 aliphatic rings. The van der Waals surface area contributed by atoms with Crippen molar-refractivity contribution in [2.75, 3.05) is 0 Å². The molecular formula is C13H16BrN3. The second-order valence-corrected chi connectivity index (χ2v) is 5.73. The molecule has 0 bridgehead atoms. The lowest BCUT2D eigenvalue weighted by atomic mass is 10.0. The Hall–Kier alpha value is -1.13. The topological polar surface area (TPSA) is 43.8 Å². The zero-order chi connectivity index (χ0) is 12.5. The Labute approximate surface area is 110 Å². The summed E-state index contributed by atoms with van der Waals surface area (Å²) in [4.78, 5) is 4.21. The first-order chi connectivity index (χ1) is 7.97. The molecule has 0 aliphatic heterocycles. The normalized spacial score (nSPS) is 11.8. The summed E-state index contributed by atoms with van der Waals surface area (Å²) < 4.78 is 3.12. The Morgan fingerprint density at radius 2 is 2.06 bits per heavy atom. The fourth-order valence-electron chi connectivity index (χ4n) is 1.78. The van der Waals surface area contributed by atoms with Crippen molar-refractivity contribution in [2.24, 2.45) is 5.73 Å². The third-order valence-corrected chi connectivity index (χ3v) is 3.13. The van der Waals surface area contributed by atoms with Crippen LogP contribution in [0.2, 0.25) is 0 Å². The molecule has 90 valence electrons. The van der Waals surface area contributed by atoms with Crippen molar-refractivity contribution in [3.05, 3.63) is 47.0 Å². The summed E-state index contributed by atoms with van der Waals surface area (Å²) in [6, 6.07) is 8.08. The Kier molecular flexibility index (Phi) is 3.35. The number of para-hydroxylation sites is 1. The van der Waals surface area contributed by atoms with Crippen molar-refractivity contribution in [1.82, 2.24) is 9.55 Å². The number of nitrogens with zero attached hydrogens (tertiary/aromatic N) is 2. The SMILES string of the molecule is CC(C)(N)Cc1cncn1-c1ccccc1Br. The summed E-state index contributed by atoms with van der Waals surface area (Å²) in [5.41, 5.74) is 8.02. The van der Waals surface area contributed by atoms with Crippen LogP contribution in [0.1, 0.15) is 19.5 Å². The van der Waals surface area contributed by atoms with Crippen LogP contribution >= 0.6 is 15.9 Å². The van der Waals surface area contributed by atoms with Crippen LogP contribution in [-0.4, -0.2) is 15.1 Å². The molecule has 17 heavy (non-hydrogen) atoms. The van der Waals surface area contributed by atoms with Crippen molar-refractivity contribution in [3.63, 3.8) is 0 Å². The fraction of sp³-hybridized carbons (Fsp3) is 0.308. The second kappa shape index (κ2) is 4.63. The van der Waals surface area contributed by atoms with Gasteiger partial charge in [-0.25, -0.2) is 4.98 Å². The standard InChI is InChI=1S/C13H16BrN3/c1-13(2,15)7-10-8-16-9-17(10)12-6-4-3-5-11(12)14/h3-6,8-9H,7,15H2,1-2H3. The average molecular weight is 294 g/mol. The van der Waals surface area contributed by atoms with Gasteiger partial charge in [0.05, 0.1) is 12.0 Å². The highest BCUT2D eigenvalue weighted by molar-refractivity contribution is 9.10. The lowest BCUT2D eigenvalue weighted by Crippen LogP contribution is -2.35. The molecule has 2 N–H and O–H groups in total. The molecule has 1 heterocycles. The molecule has 0 saturated carbocycles. The highest BCUT2D eigenvalue weighted by Gasteiger charge is 2.16. The molecule has 0 saturated heterocycles. The van der Waals surface area contributed by atoms with E-state index < -0.39 is 0 Å². The lowest BCUT2D eigenvalue weighted by molar-refractivity contribution is 0.506. The first-order valence-corrected chi connectivity index (χ1v) is 6.32.